The van der Waals surface area contributed by atoms with Crippen LogP contribution in [-0.4, -0.2) is 16.5 Å². The second-order valence-corrected chi connectivity index (χ2v) is 9.87. The lowest BCUT2D eigenvalue weighted by Crippen LogP contribution is -2.48. The highest BCUT2D eigenvalue weighted by molar-refractivity contribution is 5.93. The van der Waals surface area contributed by atoms with Crippen LogP contribution in [0.4, 0.5) is 0 Å². The van der Waals surface area contributed by atoms with Crippen LogP contribution in [0.1, 0.15) is 84.0 Å². The maximum Gasteiger partial charge on any atom is 0.156 e. The van der Waals surface area contributed by atoms with Crippen molar-refractivity contribution in [3.63, 3.8) is 0 Å². The molecule has 1 N–H and O–H groups in total. The first-order valence-corrected chi connectivity index (χ1v) is 11.1. The van der Waals surface area contributed by atoms with Crippen LogP contribution in [0, 0.1) is 17.3 Å². The first-order chi connectivity index (χ1) is 13.0. The minimum Gasteiger partial charge on any atom is -0.385 e. The molecule has 0 saturated heterocycles. The lowest BCUT2D eigenvalue weighted by molar-refractivity contribution is -0.114. The molecular formula is C25H32O2. The van der Waals surface area contributed by atoms with E-state index in [9.17, 15) is 9.90 Å². The van der Waals surface area contributed by atoms with Gasteiger partial charge in [0.2, 0.25) is 0 Å². The fraction of sp³-hybridized carbons (Fsp3) is 0.680. The van der Waals surface area contributed by atoms with Gasteiger partial charge in [-0.2, -0.15) is 0 Å². The Hall–Kier alpha value is -1.37. The van der Waals surface area contributed by atoms with Crippen LogP contribution >= 0.6 is 0 Å². The van der Waals surface area contributed by atoms with Crippen LogP contribution in [0.25, 0.3) is 0 Å². The van der Waals surface area contributed by atoms with E-state index in [-0.39, 0.29) is 5.41 Å². The lowest BCUT2D eigenvalue weighted by atomic mass is 9.55. The van der Waals surface area contributed by atoms with Gasteiger partial charge in [0.15, 0.2) is 5.78 Å². The van der Waals surface area contributed by atoms with Crippen molar-refractivity contribution in [2.75, 3.05) is 0 Å². The van der Waals surface area contributed by atoms with Gasteiger partial charge >= 0.3 is 0 Å². The van der Waals surface area contributed by atoms with E-state index in [2.05, 4.69) is 18.7 Å². The molecule has 27 heavy (non-hydrogen) atoms. The Balaban J connectivity index is 1.48. The molecule has 4 atom stereocenters. The largest absolute Gasteiger partial charge is 0.385 e. The van der Waals surface area contributed by atoms with E-state index in [1.165, 1.54) is 48.8 Å². The molecule has 0 bridgehead atoms. The molecule has 2 nitrogen and oxygen atoms in total. The second-order valence-electron chi connectivity index (χ2n) is 9.87. The Labute approximate surface area is 163 Å². The third-order valence-corrected chi connectivity index (χ3v) is 8.67. The molecule has 0 aliphatic heterocycles. The fourth-order valence-corrected chi connectivity index (χ4v) is 6.99. The molecule has 0 aromatic rings. The number of fused-ring (bicyclic) bond motifs is 4. The van der Waals surface area contributed by atoms with Gasteiger partial charge in [0.1, 0.15) is 0 Å². The van der Waals surface area contributed by atoms with E-state index in [4.69, 9.17) is 0 Å². The Kier molecular flexibility index (Phi) is 4.15. The zero-order chi connectivity index (χ0) is 18.6. The van der Waals surface area contributed by atoms with Crippen molar-refractivity contribution in [2.45, 2.75) is 89.6 Å². The van der Waals surface area contributed by atoms with Crippen LogP contribution in [0.3, 0.4) is 0 Å². The Morgan fingerprint density at radius 2 is 1.89 bits per heavy atom. The predicted molar refractivity (Wildman–Crippen MR) is 107 cm³/mol. The number of allylic oxidation sites excluding steroid dienone is 4. The molecule has 0 spiro atoms. The maximum absolute atomic E-state index is 11.8. The summed E-state index contributed by atoms with van der Waals surface area (Å²) in [5.74, 6) is 1.50. The number of hydrogen-bond donors (Lipinski definition) is 1. The normalized spacial score (nSPS) is 40.9. The summed E-state index contributed by atoms with van der Waals surface area (Å²) in [5, 5.41) is 11.7. The monoisotopic (exact) mass is 364 g/mol. The van der Waals surface area contributed by atoms with Crippen LogP contribution < -0.4 is 0 Å². The highest BCUT2D eigenvalue weighted by Gasteiger charge is 2.59. The number of rotatable bonds is 1. The molecule has 0 radical (unpaired) electrons. The fourth-order valence-electron chi connectivity index (χ4n) is 6.99. The maximum atomic E-state index is 11.8. The van der Waals surface area contributed by atoms with Crippen molar-refractivity contribution in [2.24, 2.45) is 17.3 Å². The molecule has 5 aliphatic carbocycles. The first kappa shape index (κ1) is 17.7. The molecule has 5 rings (SSSR count). The van der Waals surface area contributed by atoms with Gasteiger partial charge in [0.05, 0.1) is 5.60 Å². The van der Waals surface area contributed by atoms with Crippen LogP contribution in [0.5, 0.6) is 0 Å². The lowest BCUT2D eigenvalue weighted by Gasteiger charge is -2.51. The van der Waals surface area contributed by atoms with Crippen molar-refractivity contribution in [1.29, 1.82) is 0 Å². The average molecular weight is 365 g/mol. The molecule has 3 fully saturated rings. The molecular weight excluding hydrogens is 332 g/mol. The van der Waals surface area contributed by atoms with E-state index in [0.717, 1.165) is 38.5 Å². The topological polar surface area (TPSA) is 37.3 Å². The highest BCUT2D eigenvalue weighted by atomic mass is 16.3. The molecule has 2 heteroatoms. The van der Waals surface area contributed by atoms with E-state index in [1.807, 2.05) is 6.08 Å². The van der Waals surface area contributed by atoms with Gasteiger partial charge < -0.3 is 5.11 Å². The van der Waals surface area contributed by atoms with E-state index in [0.29, 0.717) is 24.0 Å². The summed E-state index contributed by atoms with van der Waals surface area (Å²) in [4.78, 5) is 11.8. The summed E-state index contributed by atoms with van der Waals surface area (Å²) >= 11 is 0. The SMILES string of the molecule is C[C@]12CCC3=C4CCC(=O)C=C4CC[C@H]3[C@@H]1CC[C@@]2(O)C=C=C1CCCC1. The van der Waals surface area contributed by atoms with E-state index >= 15 is 0 Å². The number of carbonyl (C=O) groups excluding carboxylic acids is 1. The minimum atomic E-state index is -0.692. The predicted octanol–water partition coefficient (Wildman–Crippen LogP) is 5.58. The van der Waals surface area contributed by atoms with Gasteiger partial charge in [0, 0.05) is 11.8 Å². The smallest absolute Gasteiger partial charge is 0.156 e. The number of ketones is 1. The first-order valence-electron chi connectivity index (χ1n) is 11.1. The number of carbonyl (C=O) groups is 1. The molecule has 3 saturated carbocycles. The van der Waals surface area contributed by atoms with Gasteiger partial charge in [-0.25, -0.2) is 0 Å². The Morgan fingerprint density at radius 3 is 2.70 bits per heavy atom. The van der Waals surface area contributed by atoms with Crippen molar-refractivity contribution < 1.29 is 9.90 Å². The zero-order valence-corrected chi connectivity index (χ0v) is 16.7. The standard InChI is InChI=1S/C25H32O2/c1-24-13-11-21-20-9-7-19(26)16-18(20)6-8-22(21)23(24)12-15-25(24,27)14-10-17-4-2-3-5-17/h14,16,22-23,27H,2-9,11-13,15H2,1H3/t22-,23+,24+,25+/m1/s1. The molecule has 5 aliphatic rings. The summed E-state index contributed by atoms with van der Waals surface area (Å²) < 4.78 is 0. The average Bonchev–Trinajstić information content (AvgIpc) is 3.26. The summed E-state index contributed by atoms with van der Waals surface area (Å²) in [5.41, 5.74) is 8.71. The quantitative estimate of drug-likeness (QED) is 0.617. The van der Waals surface area contributed by atoms with E-state index < -0.39 is 5.60 Å². The number of aliphatic hydroxyl groups is 1. The molecule has 0 aromatic carbocycles. The molecule has 0 unspecified atom stereocenters. The van der Waals surface area contributed by atoms with Crippen LogP contribution in [0.15, 0.2) is 40.2 Å². The Morgan fingerprint density at radius 1 is 1.07 bits per heavy atom. The van der Waals surface area contributed by atoms with Gasteiger partial charge in [-0.1, -0.05) is 12.5 Å². The summed E-state index contributed by atoms with van der Waals surface area (Å²) in [6, 6.07) is 0. The van der Waals surface area contributed by atoms with Gasteiger partial charge in [-0.3, -0.25) is 4.79 Å². The van der Waals surface area contributed by atoms with Crippen molar-refractivity contribution in [3.8, 4) is 0 Å². The molecule has 0 amide bonds. The molecule has 0 aromatic heterocycles. The molecule has 0 heterocycles. The van der Waals surface area contributed by atoms with Crippen molar-refractivity contribution in [3.05, 3.63) is 40.2 Å². The van der Waals surface area contributed by atoms with Crippen LogP contribution in [-0.2, 0) is 4.79 Å². The van der Waals surface area contributed by atoms with Crippen LogP contribution in [0.2, 0.25) is 0 Å². The van der Waals surface area contributed by atoms with Crippen molar-refractivity contribution >= 4 is 5.78 Å². The van der Waals surface area contributed by atoms with Gasteiger partial charge in [-0.05, 0) is 111 Å². The Bertz CT molecular complexity index is 798. The van der Waals surface area contributed by atoms with Gasteiger partial charge in [-0.15, -0.1) is 5.73 Å². The highest BCUT2D eigenvalue weighted by Crippen LogP contribution is 2.63. The van der Waals surface area contributed by atoms with E-state index in [1.54, 1.807) is 5.57 Å². The zero-order valence-electron chi connectivity index (χ0n) is 16.7. The second kappa shape index (κ2) is 6.33. The molecule has 144 valence electrons. The number of hydrogen-bond acceptors (Lipinski definition) is 2. The summed E-state index contributed by atoms with van der Waals surface area (Å²) in [7, 11) is 0. The minimum absolute atomic E-state index is 0.0282. The third-order valence-electron chi connectivity index (χ3n) is 8.67. The third kappa shape index (κ3) is 2.68. The van der Waals surface area contributed by atoms with Crippen molar-refractivity contribution in [1.82, 2.24) is 0 Å². The summed E-state index contributed by atoms with van der Waals surface area (Å²) in [6.45, 7) is 2.35. The van der Waals surface area contributed by atoms with Gasteiger partial charge in [0.25, 0.3) is 0 Å². The summed E-state index contributed by atoms with van der Waals surface area (Å²) in [6.07, 6.45) is 16.9.